The van der Waals surface area contributed by atoms with E-state index in [2.05, 4.69) is 23.9 Å². The van der Waals surface area contributed by atoms with E-state index < -0.39 is 10.0 Å². The second kappa shape index (κ2) is 8.93. The van der Waals surface area contributed by atoms with Gasteiger partial charge >= 0.3 is 0 Å². The van der Waals surface area contributed by atoms with Gasteiger partial charge in [0.2, 0.25) is 10.0 Å². The first-order valence-corrected chi connectivity index (χ1v) is 9.43. The highest BCUT2D eigenvalue weighted by atomic mass is 32.2. The molecule has 1 aliphatic carbocycles. The molecule has 0 spiro atoms. The molecular formula is C14H30N2O2S. The molecule has 1 unspecified atom stereocenters. The Hall–Kier alpha value is -0.130. The van der Waals surface area contributed by atoms with E-state index in [0.29, 0.717) is 0 Å². The fourth-order valence-electron chi connectivity index (χ4n) is 2.21. The van der Waals surface area contributed by atoms with Crippen LogP contribution in [-0.2, 0) is 10.0 Å². The minimum atomic E-state index is -3.08. The quantitative estimate of drug-likeness (QED) is 0.542. The van der Waals surface area contributed by atoms with E-state index in [-0.39, 0.29) is 11.8 Å². The minimum absolute atomic E-state index is 0.149. The molecule has 2 N–H and O–H groups in total. The van der Waals surface area contributed by atoms with Gasteiger partial charge in [-0.05, 0) is 51.1 Å². The van der Waals surface area contributed by atoms with Crippen LogP contribution in [0.5, 0.6) is 0 Å². The molecule has 1 saturated carbocycles. The van der Waals surface area contributed by atoms with E-state index in [4.69, 9.17) is 0 Å². The third-order valence-corrected chi connectivity index (χ3v) is 5.12. The average molecular weight is 290 g/mol. The first-order valence-electron chi connectivity index (χ1n) is 7.78. The Balaban J connectivity index is 2.14. The summed E-state index contributed by atoms with van der Waals surface area (Å²) < 4.78 is 26.8. The number of unbranched alkanes of at least 4 members (excludes halogenated alkanes) is 1. The Bertz CT molecular complexity index is 326. The SMILES string of the molecule is CCCNCCCCS(=O)(=O)NC(CC)CC1CC1. The monoisotopic (exact) mass is 290 g/mol. The Morgan fingerprint density at radius 1 is 1.16 bits per heavy atom. The second-order valence-electron chi connectivity index (χ2n) is 5.68. The molecule has 0 aliphatic heterocycles. The van der Waals surface area contributed by atoms with Gasteiger partial charge in [-0.1, -0.05) is 26.7 Å². The van der Waals surface area contributed by atoms with Gasteiger partial charge in [0.05, 0.1) is 5.75 Å². The summed E-state index contributed by atoms with van der Waals surface area (Å²) >= 11 is 0. The molecule has 0 heterocycles. The van der Waals surface area contributed by atoms with Gasteiger partial charge in [-0.25, -0.2) is 13.1 Å². The maximum Gasteiger partial charge on any atom is 0.211 e. The van der Waals surface area contributed by atoms with Crippen molar-refractivity contribution in [3.8, 4) is 0 Å². The number of sulfonamides is 1. The molecule has 1 rings (SSSR count). The first kappa shape index (κ1) is 16.9. The summed E-state index contributed by atoms with van der Waals surface area (Å²) in [7, 11) is -3.08. The summed E-state index contributed by atoms with van der Waals surface area (Å²) in [6, 6.07) is 0.149. The highest BCUT2D eigenvalue weighted by Gasteiger charge is 2.26. The third kappa shape index (κ3) is 8.60. The summed E-state index contributed by atoms with van der Waals surface area (Å²) in [5.41, 5.74) is 0. The molecule has 0 radical (unpaired) electrons. The number of rotatable bonds is 12. The number of nitrogens with one attached hydrogen (secondary N) is 2. The molecular weight excluding hydrogens is 260 g/mol. The van der Waals surface area contributed by atoms with Gasteiger partial charge in [-0.2, -0.15) is 0 Å². The predicted molar refractivity (Wildman–Crippen MR) is 80.7 cm³/mol. The van der Waals surface area contributed by atoms with Crippen LogP contribution in [0.1, 0.15) is 58.8 Å². The van der Waals surface area contributed by atoms with Gasteiger partial charge < -0.3 is 5.32 Å². The lowest BCUT2D eigenvalue weighted by Gasteiger charge is -2.16. The topological polar surface area (TPSA) is 58.2 Å². The summed E-state index contributed by atoms with van der Waals surface area (Å²) in [5, 5.41) is 3.29. The Kier molecular flexibility index (Phi) is 7.95. The van der Waals surface area contributed by atoms with Gasteiger partial charge in [0.1, 0.15) is 0 Å². The van der Waals surface area contributed by atoms with Crippen LogP contribution in [0.4, 0.5) is 0 Å². The second-order valence-corrected chi connectivity index (χ2v) is 7.55. The molecule has 5 heteroatoms. The normalized spacial score (nSPS) is 17.6. The maximum atomic E-state index is 12.0. The maximum absolute atomic E-state index is 12.0. The van der Waals surface area contributed by atoms with Gasteiger partial charge in [0.25, 0.3) is 0 Å². The minimum Gasteiger partial charge on any atom is -0.317 e. The first-order chi connectivity index (χ1) is 9.07. The summed E-state index contributed by atoms with van der Waals surface area (Å²) in [6.07, 6.45) is 7.27. The van der Waals surface area contributed by atoms with Gasteiger partial charge in [0, 0.05) is 6.04 Å². The predicted octanol–water partition coefficient (Wildman–Crippen LogP) is 2.26. The van der Waals surface area contributed by atoms with Crippen LogP contribution in [0.15, 0.2) is 0 Å². The van der Waals surface area contributed by atoms with Crippen molar-refractivity contribution >= 4 is 10.0 Å². The van der Waals surface area contributed by atoms with Gasteiger partial charge in [-0.15, -0.1) is 0 Å². The summed E-state index contributed by atoms with van der Waals surface area (Å²) in [4.78, 5) is 0. The fourth-order valence-corrected chi connectivity index (χ4v) is 3.68. The van der Waals surface area contributed by atoms with E-state index in [1.807, 2.05) is 0 Å². The van der Waals surface area contributed by atoms with Crippen LogP contribution in [0.25, 0.3) is 0 Å². The molecule has 19 heavy (non-hydrogen) atoms. The van der Waals surface area contributed by atoms with E-state index >= 15 is 0 Å². The number of hydrogen-bond acceptors (Lipinski definition) is 3. The number of hydrogen-bond donors (Lipinski definition) is 2. The zero-order chi connectivity index (χ0) is 14.1. The van der Waals surface area contributed by atoms with Gasteiger partial charge in [0.15, 0.2) is 0 Å². The van der Waals surface area contributed by atoms with Crippen LogP contribution >= 0.6 is 0 Å². The molecule has 0 bridgehead atoms. The zero-order valence-electron chi connectivity index (χ0n) is 12.5. The van der Waals surface area contributed by atoms with Crippen molar-refractivity contribution in [2.24, 2.45) is 5.92 Å². The lowest BCUT2D eigenvalue weighted by atomic mass is 10.1. The molecule has 0 amide bonds. The molecule has 0 aromatic rings. The van der Waals surface area contributed by atoms with Gasteiger partial charge in [-0.3, -0.25) is 0 Å². The largest absolute Gasteiger partial charge is 0.317 e. The Morgan fingerprint density at radius 3 is 2.47 bits per heavy atom. The average Bonchev–Trinajstić information content (AvgIpc) is 3.16. The van der Waals surface area contributed by atoms with Crippen LogP contribution in [0.2, 0.25) is 0 Å². The lowest BCUT2D eigenvalue weighted by molar-refractivity contribution is 0.493. The smallest absolute Gasteiger partial charge is 0.211 e. The molecule has 1 atom stereocenters. The third-order valence-electron chi connectivity index (χ3n) is 3.60. The van der Waals surface area contributed by atoms with Crippen molar-refractivity contribution in [2.45, 2.75) is 64.8 Å². The molecule has 0 aromatic heterocycles. The van der Waals surface area contributed by atoms with Crippen molar-refractivity contribution in [2.75, 3.05) is 18.8 Å². The molecule has 1 aliphatic rings. The molecule has 114 valence electrons. The highest BCUT2D eigenvalue weighted by molar-refractivity contribution is 7.89. The van der Waals surface area contributed by atoms with Crippen LogP contribution in [-0.4, -0.2) is 33.3 Å². The van der Waals surface area contributed by atoms with Crippen molar-refractivity contribution in [3.05, 3.63) is 0 Å². The Morgan fingerprint density at radius 2 is 1.89 bits per heavy atom. The van der Waals surface area contributed by atoms with Crippen molar-refractivity contribution in [3.63, 3.8) is 0 Å². The van der Waals surface area contributed by atoms with Crippen LogP contribution < -0.4 is 10.0 Å². The van der Waals surface area contributed by atoms with E-state index in [9.17, 15) is 8.42 Å². The zero-order valence-corrected chi connectivity index (χ0v) is 13.3. The Labute approximate surface area is 118 Å². The van der Waals surface area contributed by atoms with Crippen LogP contribution in [0.3, 0.4) is 0 Å². The van der Waals surface area contributed by atoms with Crippen molar-refractivity contribution in [1.29, 1.82) is 0 Å². The van der Waals surface area contributed by atoms with E-state index in [0.717, 1.165) is 51.1 Å². The van der Waals surface area contributed by atoms with Crippen LogP contribution in [0, 0.1) is 5.92 Å². The summed E-state index contributed by atoms with van der Waals surface area (Å²) in [6.45, 7) is 6.13. The molecule has 1 fully saturated rings. The van der Waals surface area contributed by atoms with E-state index in [1.54, 1.807) is 0 Å². The molecule has 0 aromatic carbocycles. The molecule has 0 saturated heterocycles. The fraction of sp³-hybridized carbons (Fsp3) is 1.00. The standard InChI is InChI=1S/C14H30N2O2S/c1-3-9-15-10-5-6-11-19(17,18)16-14(4-2)12-13-7-8-13/h13-16H,3-12H2,1-2H3. The molecule has 4 nitrogen and oxygen atoms in total. The van der Waals surface area contributed by atoms with Crippen molar-refractivity contribution in [1.82, 2.24) is 10.0 Å². The lowest BCUT2D eigenvalue weighted by Crippen LogP contribution is -2.36. The van der Waals surface area contributed by atoms with Crippen molar-refractivity contribution < 1.29 is 8.42 Å². The van der Waals surface area contributed by atoms with E-state index in [1.165, 1.54) is 12.8 Å². The highest BCUT2D eigenvalue weighted by Crippen LogP contribution is 2.34. The summed E-state index contributed by atoms with van der Waals surface area (Å²) in [5.74, 6) is 1.04.